The van der Waals surface area contributed by atoms with Gasteiger partial charge in [0.05, 0.1) is 11.4 Å². The average Bonchev–Trinajstić information content (AvgIpc) is 3.09. The summed E-state index contributed by atoms with van der Waals surface area (Å²) in [6.07, 6.45) is 0. The number of amidine groups is 1. The van der Waals surface area contributed by atoms with Gasteiger partial charge in [-0.15, -0.1) is 0 Å². The molecule has 3 rings (SSSR count). The van der Waals surface area contributed by atoms with Gasteiger partial charge < -0.3 is 10.6 Å². The molecule has 8 heteroatoms. The number of amides is 1. The predicted octanol–water partition coefficient (Wildman–Crippen LogP) is 1.80. The van der Waals surface area contributed by atoms with Gasteiger partial charge in [-0.25, -0.2) is 8.42 Å². The van der Waals surface area contributed by atoms with E-state index in [9.17, 15) is 13.2 Å². The fraction of sp³-hybridized carbons (Fsp3) is 0.176. The molecule has 7 nitrogen and oxygen atoms in total. The quantitative estimate of drug-likeness (QED) is 0.759. The molecule has 0 saturated carbocycles. The van der Waals surface area contributed by atoms with Gasteiger partial charge in [-0.05, 0) is 36.4 Å². The number of hydrogen-bond acceptors (Lipinski definition) is 5. The number of benzene rings is 2. The zero-order valence-electron chi connectivity index (χ0n) is 13.6. The first kappa shape index (κ1) is 17.0. The normalized spacial score (nSPS) is 13.7. The molecule has 3 N–H and O–H groups in total. The summed E-state index contributed by atoms with van der Waals surface area (Å²) < 4.78 is 27.6. The minimum Gasteiger partial charge on any atom is -0.368 e. The molecule has 0 spiro atoms. The first-order chi connectivity index (χ1) is 11.9. The monoisotopic (exact) mass is 358 g/mol. The molecule has 2 aromatic carbocycles. The lowest BCUT2D eigenvalue weighted by atomic mass is 10.2. The highest BCUT2D eigenvalue weighted by Gasteiger charge is 2.15. The fourth-order valence-corrected chi connectivity index (χ4v) is 3.51. The molecule has 0 saturated heterocycles. The first-order valence-corrected chi connectivity index (χ1v) is 9.21. The van der Waals surface area contributed by atoms with Crippen molar-refractivity contribution in [1.29, 1.82) is 0 Å². The molecule has 0 atom stereocenters. The van der Waals surface area contributed by atoms with E-state index in [4.69, 9.17) is 0 Å². The van der Waals surface area contributed by atoms with E-state index in [1.165, 1.54) is 19.1 Å². The lowest BCUT2D eigenvalue weighted by molar-refractivity contribution is -0.114. The van der Waals surface area contributed by atoms with Crippen molar-refractivity contribution < 1.29 is 13.2 Å². The molecular formula is C17H18N4O3S. The Balaban J connectivity index is 1.79. The second-order valence-electron chi connectivity index (χ2n) is 5.55. The fourth-order valence-electron chi connectivity index (χ4n) is 2.46. The number of aliphatic imine (C=N–C) groups is 1. The number of nitrogens with one attached hydrogen (secondary N) is 3. The third-order valence-corrected chi connectivity index (χ3v) is 4.94. The van der Waals surface area contributed by atoms with Crippen LogP contribution in [0.1, 0.15) is 12.5 Å². The van der Waals surface area contributed by atoms with E-state index in [1.807, 2.05) is 6.07 Å². The van der Waals surface area contributed by atoms with E-state index in [0.717, 1.165) is 17.9 Å². The largest absolute Gasteiger partial charge is 0.368 e. The molecule has 1 aliphatic rings. The van der Waals surface area contributed by atoms with E-state index in [0.29, 0.717) is 17.9 Å². The average molecular weight is 358 g/mol. The molecule has 0 unspecified atom stereocenters. The second kappa shape index (κ2) is 6.94. The van der Waals surface area contributed by atoms with Crippen LogP contribution in [-0.4, -0.2) is 33.3 Å². The van der Waals surface area contributed by atoms with Crippen molar-refractivity contribution in [3.8, 4) is 0 Å². The summed E-state index contributed by atoms with van der Waals surface area (Å²) in [5.41, 5.74) is 1.83. The molecule has 2 aromatic rings. The van der Waals surface area contributed by atoms with Crippen molar-refractivity contribution in [2.45, 2.75) is 11.8 Å². The molecule has 1 amide bonds. The third kappa shape index (κ3) is 4.16. The van der Waals surface area contributed by atoms with Crippen LogP contribution in [0.25, 0.3) is 0 Å². The molecule has 130 valence electrons. The Morgan fingerprint density at radius 2 is 1.88 bits per heavy atom. The topological polar surface area (TPSA) is 99.7 Å². The van der Waals surface area contributed by atoms with Crippen LogP contribution in [0.3, 0.4) is 0 Å². The molecular weight excluding hydrogens is 340 g/mol. The third-order valence-electron chi connectivity index (χ3n) is 3.55. The highest BCUT2D eigenvalue weighted by Crippen LogP contribution is 2.19. The lowest BCUT2D eigenvalue weighted by Crippen LogP contribution is -2.20. The van der Waals surface area contributed by atoms with Crippen LogP contribution in [0, 0.1) is 0 Å². The minimum atomic E-state index is -3.72. The predicted molar refractivity (Wildman–Crippen MR) is 97.4 cm³/mol. The Morgan fingerprint density at radius 1 is 1.12 bits per heavy atom. The number of hydrogen-bond donors (Lipinski definition) is 3. The first-order valence-electron chi connectivity index (χ1n) is 7.73. The van der Waals surface area contributed by atoms with Gasteiger partial charge in [-0.2, -0.15) is 0 Å². The lowest BCUT2D eigenvalue weighted by Gasteiger charge is -2.10. The highest BCUT2D eigenvalue weighted by atomic mass is 32.2. The maximum absolute atomic E-state index is 12.5. The standard InChI is InChI=1S/C17H18N4O3S/c1-12(22)20-14-5-7-16(8-6-14)25(23,24)21-15-4-2-3-13(11-15)17-18-9-10-19-17/h2-8,11,21H,9-10H2,1H3,(H,18,19)(H,20,22). The van der Waals surface area contributed by atoms with Crippen molar-refractivity contribution >= 4 is 33.1 Å². The maximum Gasteiger partial charge on any atom is 0.261 e. The summed E-state index contributed by atoms with van der Waals surface area (Å²) in [5.74, 6) is 0.551. The van der Waals surface area contributed by atoms with Crippen molar-refractivity contribution in [2.75, 3.05) is 23.1 Å². The summed E-state index contributed by atoms with van der Waals surface area (Å²) in [6.45, 7) is 2.89. The molecule has 0 fully saturated rings. The molecule has 0 bridgehead atoms. The van der Waals surface area contributed by atoms with Crippen LogP contribution in [-0.2, 0) is 14.8 Å². The van der Waals surface area contributed by atoms with Gasteiger partial charge >= 0.3 is 0 Å². The number of carbonyl (C=O) groups excluding carboxylic acids is 1. The van der Waals surface area contributed by atoms with Gasteiger partial charge in [0.15, 0.2) is 0 Å². The molecule has 0 radical (unpaired) electrons. The number of carbonyl (C=O) groups is 1. The Kier molecular flexibility index (Phi) is 4.71. The molecule has 1 heterocycles. The highest BCUT2D eigenvalue weighted by molar-refractivity contribution is 7.92. The van der Waals surface area contributed by atoms with Gasteiger partial charge in [0.1, 0.15) is 5.84 Å². The van der Waals surface area contributed by atoms with Crippen molar-refractivity contribution in [3.05, 3.63) is 54.1 Å². The van der Waals surface area contributed by atoms with E-state index in [1.54, 1.807) is 30.3 Å². The Morgan fingerprint density at radius 3 is 2.52 bits per heavy atom. The SMILES string of the molecule is CC(=O)Nc1ccc(S(=O)(=O)Nc2cccc(C3=NCCN3)c2)cc1. The van der Waals surface area contributed by atoms with Gasteiger partial charge in [0.25, 0.3) is 10.0 Å². The Bertz CT molecular complexity index is 921. The van der Waals surface area contributed by atoms with E-state index in [-0.39, 0.29) is 10.8 Å². The van der Waals surface area contributed by atoms with Crippen LogP contribution in [0.2, 0.25) is 0 Å². The summed E-state index contributed by atoms with van der Waals surface area (Å²) in [6, 6.07) is 13.0. The number of rotatable bonds is 5. The van der Waals surface area contributed by atoms with Crippen LogP contribution >= 0.6 is 0 Å². The molecule has 0 aromatic heterocycles. The molecule has 25 heavy (non-hydrogen) atoms. The maximum atomic E-state index is 12.5. The van der Waals surface area contributed by atoms with Crippen LogP contribution < -0.4 is 15.4 Å². The van der Waals surface area contributed by atoms with Gasteiger partial charge in [0.2, 0.25) is 5.91 Å². The van der Waals surface area contributed by atoms with Crippen molar-refractivity contribution in [2.24, 2.45) is 4.99 Å². The van der Waals surface area contributed by atoms with Crippen molar-refractivity contribution in [1.82, 2.24) is 5.32 Å². The Hall–Kier alpha value is -2.87. The molecule has 0 aliphatic carbocycles. The van der Waals surface area contributed by atoms with Gasteiger partial charge in [-0.1, -0.05) is 12.1 Å². The van der Waals surface area contributed by atoms with E-state index < -0.39 is 10.0 Å². The van der Waals surface area contributed by atoms with E-state index in [2.05, 4.69) is 20.3 Å². The molecule has 1 aliphatic heterocycles. The van der Waals surface area contributed by atoms with Crippen molar-refractivity contribution in [3.63, 3.8) is 0 Å². The van der Waals surface area contributed by atoms with Crippen LogP contribution in [0.5, 0.6) is 0 Å². The van der Waals surface area contributed by atoms with Gasteiger partial charge in [-0.3, -0.25) is 14.5 Å². The number of nitrogens with zero attached hydrogens (tertiary/aromatic N) is 1. The number of anilines is 2. The zero-order chi connectivity index (χ0) is 17.9. The Labute approximate surface area is 146 Å². The summed E-state index contributed by atoms with van der Waals surface area (Å²) in [4.78, 5) is 15.5. The number of sulfonamides is 1. The van der Waals surface area contributed by atoms with Crippen LogP contribution in [0.15, 0.2) is 58.4 Å². The van der Waals surface area contributed by atoms with Gasteiger partial charge in [0, 0.05) is 30.4 Å². The summed E-state index contributed by atoms with van der Waals surface area (Å²) >= 11 is 0. The minimum absolute atomic E-state index is 0.114. The smallest absolute Gasteiger partial charge is 0.261 e. The second-order valence-corrected chi connectivity index (χ2v) is 7.23. The summed E-state index contributed by atoms with van der Waals surface area (Å²) in [5, 5.41) is 5.75. The van der Waals surface area contributed by atoms with E-state index >= 15 is 0 Å². The van der Waals surface area contributed by atoms with Crippen LogP contribution in [0.4, 0.5) is 11.4 Å². The zero-order valence-corrected chi connectivity index (χ0v) is 14.4. The summed E-state index contributed by atoms with van der Waals surface area (Å²) in [7, 11) is -3.72.